The number of hydrogen-bond donors (Lipinski definition) is 2. The van der Waals surface area contributed by atoms with Crippen molar-refractivity contribution in [2.75, 3.05) is 5.32 Å². The van der Waals surface area contributed by atoms with Crippen molar-refractivity contribution in [2.45, 2.75) is 75.5 Å². The molecule has 5 rings (SSSR count). The highest BCUT2D eigenvalue weighted by atomic mass is 16.5. The van der Waals surface area contributed by atoms with E-state index < -0.39 is 0 Å². The van der Waals surface area contributed by atoms with E-state index in [1.807, 2.05) is 0 Å². The summed E-state index contributed by atoms with van der Waals surface area (Å²) >= 11 is 0. The van der Waals surface area contributed by atoms with Gasteiger partial charge in [-0.2, -0.15) is 5.10 Å². The van der Waals surface area contributed by atoms with Crippen molar-refractivity contribution in [2.24, 2.45) is 0 Å². The van der Waals surface area contributed by atoms with Crippen molar-refractivity contribution < 1.29 is 4.74 Å². The summed E-state index contributed by atoms with van der Waals surface area (Å²) in [6.45, 7) is 0. The molecule has 0 amide bonds. The minimum Gasteiger partial charge on any atom is -0.375 e. The maximum atomic E-state index is 6.50. The number of anilines is 1. The fraction of sp³-hybridized carbons (Fsp3) is 0.522. The molecule has 0 bridgehead atoms. The standard InChI is InChI=1S/C23H29N5O/c1-2-4-16(5-3-1)17-6-10-19(11-7-17)29-20-12-8-18(9-13-20)27-22-21-14-26-28-23(21)25-15-24-22/h1-5,14-15,17-20H,6-13H2,(H2,24,25,26,27,28)/t17?,18-,19?,20-. The molecular weight excluding hydrogens is 362 g/mol. The van der Waals surface area contributed by atoms with E-state index in [2.05, 4.69) is 55.8 Å². The number of nitrogens with zero attached hydrogens (tertiary/aromatic N) is 3. The van der Waals surface area contributed by atoms with Crippen LogP contribution in [-0.4, -0.2) is 38.4 Å². The van der Waals surface area contributed by atoms with Crippen LogP contribution in [0.15, 0.2) is 42.9 Å². The van der Waals surface area contributed by atoms with Crippen LogP contribution in [0.3, 0.4) is 0 Å². The fourth-order valence-corrected chi connectivity index (χ4v) is 4.95. The van der Waals surface area contributed by atoms with E-state index in [4.69, 9.17) is 4.74 Å². The Hall–Kier alpha value is -2.47. The predicted molar refractivity (Wildman–Crippen MR) is 114 cm³/mol. The number of nitrogens with one attached hydrogen (secondary N) is 2. The molecule has 0 spiro atoms. The Morgan fingerprint density at radius 2 is 1.59 bits per heavy atom. The normalized spacial score (nSPS) is 27.7. The molecule has 6 nitrogen and oxygen atoms in total. The summed E-state index contributed by atoms with van der Waals surface area (Å²) in [6.07, 6.45) is 13.6. The Bertz CT molecular complexity index is 911. The summed E-state index contributed by atoms with van der Waals surface area (Å²) in [4.78, 5) is 8.61. The number of hydrogen-bond acceptors (Lipinski definition) is 5. The molecule has 29 heavy (non-hydrogen) atoms. The van der Waals surface area contributed by atoms with Gasteiger partial charge in [-0.15, -0.1) is 0 Å². The molecule has 3 aromatic rings. The maximum absolute atomic E-state index is 6.50. The zero-order chi connectivity index (χ0) is 19.5. The molecular formula is C23H29N5O. The molecule has 2 heterocycles. The minimum atomic E-state index is 0.408. The maximum Gasteiger partial charge on any atom is 0.160 e. The third-order valence-corrected chi connectivity index (χ3v) is 6.59. The van der Waals surface area contributed by atoms with E-state index in [1.54, 1.807) is 12.5 Å². The van der Waals surface area contributed by atoms with Gasteiger partial charge in [0.2, 0.25) is 0 Å². The number of aromatic amines is 1. The molecule has 2 fully saturated rings. The molecule has 1 aromatic carbocycles. The molecule has 0 unspecified atom stereocenters. The SMILES string of the molecule is c1ccc(C2CCC(O[C@H]3CC[C@H](Nc4ncnc5[nH]ncc45)CC3)CC2)cc1. The Kier molecular flexibility index (Phi) is 5.43. The third-order valence-electron chi connectivity index (χ3n) is 6.59. The average Bonchev–Trinajstić information content (AvgIpc) is 3.26. The van der Waals surface area contributed by atoms with Crippen LogP contribution in [0.2, 0.25) is 0 Å². The quantitative estimate of drug-likeness (QED) is 0.652. The Labute approximate surface area is 171 Å². The van der Waals surface area contributed by atoms with E-state index in [1.165, 1.54) is 31.2 Å². The molecule has 2 N–H and O–H groups in total. The summed E-state index contributed by atoms with van der Waals surface area (Å²) in [5, 5.41) is 11.5. The second-order valence-corrected chi connectivity index (χ2v) is 8.49. The lowest BCUT2D eigenvalue weighted by Crippen LogP contribution is -2.33. The van der Waals surface area contributed by atoms with Crippen LogP contribution in [0.1, 0.15) is 62.8 Å². The lowest BCUT2D eigenvalue weighted by atomic mass is 9.82. The van der Waals surface area contributed by atoms with Crippen molar-refractivity contribution in [1.29, 1.82) is 0 Å². The summed E-state index contributed by atoms with van der Waals surface area (Å²) in [7, 11) is 0. The zero-order valence-electron chi connectivity index (χ0n) is 16.8. The minimum absolute atomic E-state index is 0.408. The van der Waals surface area contributed by atoms with Gasteiger partial charge in [0.05, 0.1) is 23.8 Å². The van der Waals surface area contributed by atoms with Gasteiger partial charge in [0, 0.05) is 6.04 Å². The Balaban J connectivity index is 1.08. The predicted octanol–water partition coefficient (Wildman–Crippen LogP) is 4.82. The van der Waals surface area contributed by atoms with Gasteiger partial charge in [0.15, 0.2) is 5.65 Å². The van der Waals surface area contributed by atoms with Crippen LogP contribution in [0.4, 0.5) is 5.82 Å². The number of rotatable bonds is 5. The van der Waals surface area contributed by atoms with Crippen LogP contribution in [0, 0.1) is 0 Å². The van der Waals surface area contributed by atoms with Crippen LogP contribution in [0.25, 0.3) is 11.0 Å². The van der Waals surface area contributed by atoms with E-state index in [9.17, 15) is 0 Å². The third kappa shape index (κ3) is 4.27. The lowest BCUT2D eigenvalue weighted by Gasteiger charge is -2.35. The van der Waals surface area contributed by atoms with Gasteiger partial charge >= 0.3 is 0 Å². The Morgan fingerprint density at radius 3 is 2.34 bits per heavy atom. The molecule has 152 valence electrons. The molecule has 2 aliphatic rings. The van der Waals surface area contributed by atoms with E-state index in [0.29, 0.717) is 24.2 Å². The summed E-state index contributed by atoms with van der Waals surface area (Å²) in [5.41, 5.74) is 2.28. The molecule has 6 heteroatoms. The molecule has 0 aliphatic heterocycles. The highest BCUT2D eigenvalue weighted by Crippen LogP contribution is 2.35. The number of aromatic nitrogens is 4. The van der Waals surface area contributed by atoms with Crippen molar-refractivity contribution >= 4 is 16.9 Å². The van der Waals surface area contributed by atoms with Gasteiger partial charge in [-0.1, -0.05) is 30.3 Å². The first-order valence-electron chi connectivity index (χ1n) is 11.0. The van der Waals surface area contributed by atoms with Crippen molar-refractivity contribution in [3.8, 4) is 0 Å². The number of ether oxygens (including phenoxy) is 1. The van der Waals surface area contributed by atoms with Gasteiger partial charge in [-0.25, -0.2) is 9.97 Å². The first-order valence-corrected chi connectivity index (χ1v) is 11.0. The fourth-order valence-electron chi connectivity index (χ4n) is 4.95. The summed E-state index contributed by atoms with van der Waals surface area (Å²) in [5.74, 6) is 1.59. The van der Waals surface area contributed by atoms with Crippen molar-refractivity contribution in [3.05, 3.63) is 48.4 Å². The molecule has 0 saturated heterocycles. The molecule has 2 aliphatic carbocycles. The zero-order valence-corrected chi connectivity index (χ0v) is 16.8. The van der Waals surface area contributed by atoms with Gasteiger partial charge in [0.1, 0.15) is 12.1 Å². The topological polar surface area (TPSA) is 75.7 Å². The Morgan fingerprint density at radius 1 is 0.862 bits per heavy atom. The number of fused-ring (bicyclic) bond motifs is 1. The monoisotopic (exact) mass is 391 g/mol. The second-order valence-electron chi connectivity index (χ2n) is 8.49. The van der Waals surface area contributed by atoms with Crippen LogP contribution >= 0.6 is 0 Å². The van der Waals surface area contributed by atoms with Gasteiger partial charge in [0.25, 0.3) is 0 Å². The molecule has 0 radical (unpaired) electrons. The first-order chi connectivity index (χ1) is 14.3. The van der Waals surface area contributed by atoms with Crippen LogP contribution < -0.4 is 5.32 Å². The van der Waals surface area contributed by atoms with Gasteiger partial charge in [-0.3, -0.25) is 5.10 Å². The number of H-pyrrole nitrogens is 1. The largest absolute Gasteiger partial charge is 0.375 e. The van der Waals surface area contributed by atoms with Crippen molar-refractivity contribution in [3.63, 3.8) is 0 Å². The van der Waals surface area contributed by atoms with Crippen LogP contribution in [-0.2, 0) is 4.74 Å². The van der Waals surface area contributed by atoms with Crippen molar-refractivity contribution in [1.82, 2.24) is 20.2 Å². The first kappa shape index (κ1) is 18.6. The van der Waals surface area contributed by atoms with E-state index in [0.717, 1.165) is 42.5 Å². The molecule has 2 aromatic heterocycles. The highest BCUT2D eigenvalue weighted by molar-refractivity contribution is 5.85. The highest BCUT2D eigenvalue weighted by Gasteiger charge is 2.28. The molecule has 0 atom stereocenters. The van der Waals surface area contributed by atoms with E-state index >= 15 is 0 Å². The summed E-state index contributed by atoms with van der Waals surface area (Å²) in [6, 6.07) is 11.4. The second kappa shape index (κ2) is 8.49. The number of benzene rings is 1. The van der Waals surface area contributed by atoms with Gasteiger partial charge in [-0.05, 0) is 62.8 Å². The van der Waals surface area contributed by atoms with E-state index in [-0.39, 0.29) is 0 Å². The molecule has 2 saturated carbocycles. The lowest BCUT2D eigenvalue weighted by molar-refractivity contribution is -0.0482. The average molecular weight is 392 g/mol. The van der Waals surface area contributed by atoms with Gasteiger partial charge < -0.3 is 10.1 Å². The smallest absolute Gasteiger partial charge is 0.160 e. The van der Waals surface area contributed by atoms with Crippen LogP contribution in [0.5, 0.6) is 0 Å². The summed E-state index contributed by atoms with van der Waals surface area (Å²) < 4.78 is 6.50.